The molecule has 0 unspecified atom stereocenters. The quantitative estimate of drug-likeness (QED) is 0.911. The molecule has 86 valence electrons. The standard InChI is InChI=1S/C12H10BrN3S/c13-9-2-1-8(6-14)11(5-9)16-7-12-10(15)3-4-17-12/h1-5,16H,7,15H2. The number of rotatable bonds is 3. The largest absolute Gasteiger partial charge is 0.398 e. The maximum atomic E-state index is 8.99. The van der Waals surface area contributed by atoms with E-state index in [1.54, 1.807) is 17.4 Å². The van der Waals surface area contributed by atoms with Gasteiger partial charge in [-0.1, -0.05) is 15.9 Å². The molecule has 3 N–H and O–H groups in total. The van der Waals surface area contributed by atoms with Crippen LogP contribution in [-0.4, -0.2) is 0 Å². The molecular formula is C12H10BrN3S. The molecule has 0 radical (unpaired) electrons. The summed E-state index contributed by atoms with van der Waals surface area (Å²) in [7, 11) is 0. The van der Waals surface area contributed by atoms with Crippen molar-refractivity contribution in [2.75, 3.05) is 11.1 Å². The third kappa shape index (κ3) is 2.78. The summed E-state index contributed by atoms with van der Waals surface area (Å²) in [6, 6.07) is 9.56. The van der Waals surface area contributed by atoms with Gasteiger partial charge in [-0.15, -0.1) is 11.3 Å². The van der Waals surface area contributed by atoms with Crippen molar-refractivity contribution in [1.29, 1.82) is 5.26 Å². The average Bonchev–Trinajstić information content (AvgIpc) is 2.72. The number of hydrogen-bond acceptors (Lipinski definition) is 4. The lowest BCUT2D eigenvalue weighted by Gasteiger charge is -2.08. The summed E-state index contributed by atoms with van der Waals surface area (Å²) >= 11 is 4.99. The van der Waals surface area contributed by atoms with E-state index in [4.69, 9.17) is 11.0 Å². The van der Waals surface area contributed by atoms with Gasteiger partial charge in [-0.05, 0) is 29.6 Å². The fourth-order valence-corrected chi connectivity index (χ4v) is 2.53. The van der Waals surface area contributed by atoms with Crippen molar-refractivity contribution in [2.45, 2.75) is 6.54 Å². The molecule has 0 aliphatic carbocycles. The van der Waals surface area contributed by atoms with E-state index in [9.17, 15) is 0 Å². The van der Waals surface area contributed by atoms with Gasteiger partial charge in [-0.2, -0.15) is 5.26 Å². The lowest BCUT2D eigenvalue weighted by Crippen LogP contribution is -2.01. The molecule has 3 nitrogen and oxygen atoms in total. The third-order valence-corrected chi connectivity index (χ3v) is 3.75. The molecule has 0 bridgehead atoms. The Balaban J connectivity index is 2.17. The molecule has 0 amide bonds. The van der Waals surface area contributed by atoms with Crippen molar-refractivity contribution in [3.8, 4) is 6.07 Å². The van der Waals surface area contributed by atoms with Gasteiger partial charge in [0.25, 0.3) is 0 Å². The minimum Gasteiger partial charge on any atom is -0.398 e. The molecule has 1 aromatic heterocycles. The molecule has 17 heavy (non-hydrogen) atoms. The number of hydrogen-bond donors (Lipinski definition) is 2. The van der Waals surface area contributed by atoms with Gasteiger partial charge in [0, 0.05) is 15.0 Å². The van der Waals surface area contributed by atoms with Gasteiger partial charge in [0.05, 0.1) is 17.8 Å². The second-order valence-electron chi connectivity index (χ2n) is 3.45. The number of nitriles is 1. The highest BCUT2D eigenvalue weighted by Crippen LogP contribution is 2.24. The Morgan fingerprint density at radius 1 is 1.41 bits per heavy atom. The topological polar surface area (TPSA) is 61.8 Å². The van der Waals surface area contributed by atoms with Crippen molar-refractivity contribution in [2.24, 2.45) is 0 Å². The van der Waals surface area contributed by atoms with Gasteiger partial charge in [-0.25, -0.2) is 0 Å². The van der Waals surface area contributed by atoms with Gasteiger partial charge in [-0.3, -0.25) is 0 Å². The Bertz CT molecular complexity index is 571. The normalized spacial score (nSPS) is 9.88. The number of benzene rings is 1. The zero-order chi connectivity index (χ0) is 12.3. The second-order valence-corrected chi connectivity index (χ2v) is 5.37. The van der Waals surface area contributed by atoms with Crippen LogP contribution in [0.3, 0.4) is 0 Å². The number of nitrogen functional groups attached to an aromatic ring is 1. The van der Waals surface area contributed by atoms with Gasteiger partial charge in [0.1, 0.15) is 6.07 Å². The minimum atomic E-state index is 0.628. The Kier molecular flexibility index (Phi) is 3.67. The van der Waals surface area contributed by atoms with E-state index in [1.165, 1.54) is 0 Å². The lowest BCUT2D eigenvalue weighted by atomic mass is 10.2. The van der Waals surface area contributed by atoms with E-state index in [1.807, 2.05) is 23.6 Å². The number of thiophene rings is 1. The second kappa shape index (κ2) is 5.21. The minimum absolute atomic E-state index is 0.628. The molecule has 2 rings (SSSR count). The van der Waals surface area contributed by atoms with E-state index >= 15 is 0 Å². The highest BCUT2D eigenvalue weighted by atomic mass is 79.9. The molecule has 0 atom stereocenters. The van der Waals surface area contributed by atoms with Crippen molar-refractivity contribution in [3.05, 3.63) is 44.6 Å². The van der Waals surface area contributed by atoms with E-state index in [2.05, 4.69) is 27.3 Å². The number of nitrogens with one attached hydrogen (secondary N) is 1. The first-order valence-corrected chi connectivity index (χ1v) is 6.63. The first-order valence-electron chi connectivity index (χ1n) is 4.96. The number of nitrogens with zero attached hydrogens (tertiary/aromatic N) is 1. The third-order valence-electron chi connectivity index (χ3n) is 2.32. The highest BCUT2D eigenvalue weighted by Gasteiger charge is 2.04. The number of halogens is 1. The SMILES string of the molecule is N#Cc1ccc(Br)cc1NCc1sccc1N. The zero-order valence-corrected chi connectivity index (χ0v) is 11.3. The zero-order valence-electron chi connectivity index (χ0n) is 8.90. The fraction of sp³-hybridized carbons (Fsp3) is 0.0833. The van der Waals surface area contributed by atoms with Crippen LogP contribution in [0.25, 0.3) is 0 Å². The maximum Gasteiger partial charge on any atom is 0.101 e. The monoisotopic (exact) mass is 307 g/mol. The fourth-order valence-electron chi connectivity index (χ4n) is 1.43. The van der Waals surface area contributed by atoms with Crippen molar-refractivity contribution >= 4 is 38.6 Å². The summed E-state index contributed by atoms with van der Waals surface area (Å²) in [5, 5.41) is 14.2. The molecule has 1 heterocycles. The predicted molar refractivity (Wildman–Crippen MR) is 74.9 cm³/mol. The molecule has 5 heteroatoms. The number of nitrogens with two attached hydrogens (primary N) is 1. The summed E-state index contributed by atoms with van der Waals surface area (Å²) in [5.41, 5.74) is 8.03. The van der Waals surface area contributed by atoms with Crippen LogP contribution < -0.4 is 11.1 Å². The highest BCUT2D eigenvalue weighted by molar-refractivity contribution is 9.10. The molecule has 0 saturated carbocycles. The van der Waals surface area contributed by atoms with Crippen LogP contribution in [0.15, 0.2) is 34.1 Å². The summed E-state index contributed by atoms with van der Waals surface area (Å²) in [6.07, 6.45) is 0. The summed E-state index contributed by atoms with van der Waals surface area (Å²) < 4.78 is 0.943. The first kappa shape index (κ1) is 12.0. The van der Waals surface area contributed by atoms with Crippen LogP contribution in [0.4, 0.5) is 11.4 Å². The van der Waals surface area contributed by atoms with Gasteiger partial charge in [0.15, 0.2) is 0 Å². The maximum absolute atomic E-state index is 8.99. The molecule has 2 aromatic rings. The van der Waals surface area contributed by atoms with Gasteiger partial charge < -0.3 is 11.1 Å². The summed E-state index contributed by atoms with van der Waals surface area (Å²) in [6.45, 7) is 0.634. The predicted octanol–water partition coefficient (Wildman–Crippen LogP) is 3.58. The Labute approximate surface area is 112 Å². The van der Waals surface area contributed by atoms with Gasteiger partial charge in [0.2, 0.25) is 0 Å². The van der Waals surface area contributed by atoms with Crippen LogP contribution in [0.5, 0.6) is 0 Å². The molecule has 0 fully saturated rings. The first-order chi connectivity index (χ1) is 8.20. The lowest BCUT2D eigenvalue weighted by molar-refractivity contribution is 1.19. The van der Waals surface area contributed by atoms with Crippen LogP contribution in [0.2, 0.25) is 0 Å². The molecule has 0 aliphatic rings. The molecule has 0 saturated heterocycles. The Morgan fingerprint density at radius 3 is 2.88 bits per heavy atom. The van der Waals surface area contributed by atoms with E-state index in [0.717, 1.165) is 20.7 Å². The van der Waals surface area contributed by atoms with Crippen molar-refractivity contribution < 1.29 is 0 Å². The van der Waals surface area contributed by atoms with Crippen LogP contribution in [-0.2, 0) is 6.54 Å². The molecule has 1 aromatic carbocycles. The smallest absolute Gasteiger partial charge is 0.101 e. The summed E-state index contributed by atoms with van der Waals surface area (Å²) in [5.74, 6) is 0. The van der Waals surface area contributed by atoms with Crippen LogP contribution in [0.1, 0.15) is 10.4 Å². The number of anilines is 2. The van der Waals surface area contributed by atoms with Gasteiger partial charge >= 0.3 is 0 Å². The molecule has 0 spiro atoms. The van der Waals surface area contributed by atoms with Crippen molar-refractivity contribution in [3.63, 3.8) is 0 Å². The van der Waals surface area contributed by atoms with E-state index in [-0.39, 0.29) is 0 Å². The van der Waals surface area contributed by atoms with E-state index in [0.29, 0.717) is 12.1 Å². The van der Waals surface area contributed by atoms with E-state index < -0.39 is 0 Å². The molecule has 0 aliphatic heterocycles. The average molecular weight is 308 g/mol. The van der Waals surface area contributed by atoms with Crippen molar-refractivity contribution in [1.82, 2.24) is 0 Å². The summed E-state index contributed by atoms with van der Waals surface area (Å²) in [4.78, 5) is 1.08. The Hall–Kier alpha value is -1.51. The Morgan fingerprint density at radius 2 is 2.24 bits per heavy atom. The van der Waals surface area contributed by atoms with Crippen LogP contribution in [0, 0.1) is 11.3 Å². The molecular weight excluding hydrogens is 298 g/mol. The van der Waals surface area contributed by atoms with Crippen LogP contribution >= 0.6 is 27.3 Å².